The molecular formula is C17H19N5O2. The van der Waals surface area contributed by atoms with Crippen LogP contribution in [0.5, 0.6) is 0 Å². The van der Waals surface area contributed by atoms with Gasteiger partial charge in [0.25, 0.3) is 5.91 Å². The lowest BCUT2D eigenvalue weighted by Crippen LogP contribution is -2.28. The van der Waals surface area contributed by atoms with Crippen LogP contribution >= 0.6 is 0 Å². The van der Waals surface area contributed by atoms with Crippen molar-refractivity contribution in [3.63, 3.8) is 0 Å². The van der Waals surface area contributed by atoms with E-state index in [4.69, 9.17) is 0 Å². The van der Waals surface area contributed by atoms with E-state index in [1.807, 2.05) is 6.92 Å². The Labute approximate surface area is 139 Å². The summed E-state index contributed by atoms with van der Waals surface area (Å²) in [7, 11) is 0. The van der Waals surface area contributed by atoms with Crippen molar-refractivity contribution in [3.8, 4) is 0 Å². The minimum atomic E-state index is -0.319. The van der Waals surface area contributed by atoms with Crippen LogP contribution in [0.4, 0.5) is 5.69 Å². The molecule has 1 aliphatic rings. The fraction of sp³-hybridized carbons (Fsp3) is 0.294. The summed E-state index contributed by atoms with van der Waals surface area (Å²) in [5.41, 5.74) is 1.01. The summed E-state index contributed by atoms with van der Waals surface area (Å²) in [6.07, 6.45) is 3.17. The Kier molecular flexibility index (Phi) is 4.41. The molecule has 3 rings (SSSR count). The molecule has 1 aromatic carbocycles. The SMILES string of the molecule is C=CC(=O)Nc1cccc(C(=O)NC(C)c2nnc3n2CCC3)c1. The molecule has 7 nitrogen and oxygen atoms in total. The Balaban J connectivity index is 1.71. The fourth-order valence-electron chi connectivity index (χ4n) is 2.77. The number of hydrogen-bond donors (Lipinski definition) is 2. The van der Waals surface area contributed by atoms with E-state index in [0.29, 0.717) is 11.3 Å². The zero-order valence-corrected chi connectivity index (χ0v) is 13.5. The topological polar surface area (TPSA) is 88.9 Å². The summed E-state index contributed by atoms with van der Waals surface area (Å²) in [6, 6.07) is 6.50. The highest BCUT2D eigenvalue weighted by Crippen LogP contribution is 2.19. The van der Waals surface area contributed by atoms with E-state index >= 15 is 0 Å². The maximum atomic E-state index is 12.5. The lowest BCUT2D eigenvalue weighted by Gasteiger charge is -2.14. The van der Waals surface area contributed by atoms with Gasteiger partial charge in [0, 0.05) is 24.2 Å². The second kappa shape index (κ2) is 6.66. The average molecular weight is 325 g/mol. The number of anilines is 1. The van der Waals surface area contributed by atoms with Crippen molar-refractivity contribution in [3.05, 3.63) is 54.1 Å². The van der Waals surface area contributed by atoms with Crippen molar-refractivity contribution in [2.24, 2.45) is 0 Å². The Morgan fingerprint density at radius 2 is 2.21 bits per heavy atom. The first-order chi connectivity index (χ1) is 11.6. The summed E-state index contributed by atoms with van der Waals surface area (Å²) in [5, 5.41) is 13.9. The number of aryl methyl sites for hydroxylation is 1. The molecule has 2 N–H and O–H groups in total. The maximum Gasteiger partial charge on any atom is 0.251 e. The molecule has 2 aromatic rings. The van der Waals surface area contributed by atoms with Crippen LogP contribution < -0.4 is 10.6 Å². The smallest absolute Gasteiger partial charge is 0.251 e. The van der Waals surface area contributed by atoms with Crippen molar-refractivity contribution in [1.82, 2.24) is 20.1 Å². The zero-order valence-electron chi connectivity index (χ0n) is 13.5. The predicted molar refractivity (Wildman–Crippen MR) is 89.5 cm³/mol. The molecule has 1 atom stereocenters. The number of carbonyl (C=O) groups excluding carboxylic acids is 2. The molecule has 0 saturated carbocycles. The van der Waals surface area contributed by atoms with E-state index in [1.54, 1.807) is 24.3 Å². The van der Waals surface area contributed by atoms with Gasteiger partial charge in [-0.3, -0.25) is 9.59 Å². The van der Waals surface area contributed by atoms with Gasteiger partial charge in [-0.05, 0) is 37.6 Å². The molecule has 7 heteroatoms. The number of fused-ring (bicyclic) bond motifs is 1. The van der Waals surface area contributed by atoms with E-state index in [9.17, 15) is 9.59 Å². The minimum absolute atomic E-state index is 0.229. The van der Waals surface area contributed by atoms with Crippen molar-refractivity contribution < 1.29 is 9.59 Å². The summed E-state index contributed by atoms with van der Waals surface area (Å²) in [4.78, 5) is 23.8. The van der Waals surface area contributed by atoms with E-state index in [2.05, 4.69) is 32.0 Å². The van der Waals surface area contributed by atoms with E-state index in [1.165, 1.54) is 6.08 Å². The molecule has 1 aliphatic heterocycles. The average Bonchev–Trinajstić information content (AvgIpc) is 3.18. The summed E-state index contributed by atoms with van der Waals surface area (Å²) in [6.45, 7) is 6.18. The third-order valence-electron chi connectivity index (χ3n) is 3.95. The van der Waals surface area contributed by atoms with E-state index in [-0.39, 0.29) is 17.9 Å². The first-order valence-electron chi connectivity index (χ1n) is 7.85. The molecular weight excluding hydrogens is 306 g/mol. The van der Waals surface area contributed by atoms with Crippen LogP contribution in [-0.4, -0.2) is 26.6 Å². The number of rotatable bonds is 5. The fourth-order valence-corrected chi connectivity index (χ4v) is 2.77. The van der Waals surface area contributed by atoms with E-state index in [0.717, 1.165) is 31.0 Å². The van der Waals surface area contributed by atoms with Gasteiger partial charge in [-0.25, -0.2) is 0 Å². The van der Waals surface area contributed by atoms with Crippen molar-refractivity contribution in [2.75, 3.05) is 5.32 Å². The second-order valence-corrected chi connectivity index (χ2v) is 5.70. The van der Waals surface area contributed by atoms with Gasteiger partial charge in [0.15, 0.2) is 5.82 Å². The highest BCUT2D eigenvalue weighted by molar-refractivity contribution is 6.00. The number of hydrogen-bond acceptors (Lipinski definition) is 4. The molecule has 124 valence electrons. The van der Waals surface area contributed by atoms with Gasteiger partial charge in [0.2, 0.25) is 5.91 Å². The largest absolute Gasteiger partial charge is 0.342 e. The van der Waals surface area contributed by atoms with Gasteiger partial charge in [0.05, 0.1) is 6.04 Å². The number of nitrogens with one attached hydrogen (secondary N) is 2. The first kappa shape index (κ1) is 15.9. The van der Waals surface area contributed by atoms with Crippen LogP contribution in [0.1, 0.15) is 41.4 Å². The highest BCUT2D eigenvalue weighted by Gasteiger charge is 2.22. The van der Waals surface area contributed by atoms with E-state index < -0.39 is 0 Å². The quantitative estimate of drug-likeness (QED) is 0.821. The van der Waals surface area contributed by atoms with Crippen LogP contribution in [0.2, 0.25) is 0 Å². The van der Waals surface area contributed by atoms with Crippen molar-refractivity contribution in [2.45, 2.75) is 32.4 Å². The first-order valence-corrected chi connectivity index (χ1v) is 7.85. The maximum absolute atomic E-state index is 12.5. The Morgan fingerprint density at radius 1 is 1.38 bits per heavy atom. The van der Waals surface area contributed by atoms with Gasteiger partial charge >= 0.3 is 0 Å². The molecule has 2 amide bonds. The minimum Gasteiger partial charge on any atom is -0.342 e. The molecule has 0 aliphatic carbocycles. The standard InChI is InChI=1S/C17H19N5O2/c1-3-15(23)19-13-7-4-6-12(10-13)17(24)18-11(2)16-21-20-14-8-5-9-22(14)16/h3-4,6-7,10-11H,1,5,8-9H2,2H3,(H,18,24)(H,19,23). The third kappa shape index (κ3) is 3.19. The summed E-state index contributed by atoms with van der Waals surface area (Å²) < 4.78 is 2.06. The van der Waals surface area contributed by atoms with Crippen LogP contribution in [0.25, 0.3) is 0 Å². The van der Waals surface area contributed by atoms with Crippen LogP contribution in [0.3, 0.4) is 0 Å². The normalized spacial score (nSPS) is 13.9. The Bertz CT molecular complexity index is 796. The summed E-state index contributed by atoms with van der Waals surface area (Å²) in [5.74, 6) is 1.19. The monoisotopic (exact) mass is 325 g/mol. The number of amides is 2. The van der Waals surface area contributed by atoms with Gasteiger partial charge < -0.3 is 15.2 Å². The number of carbonyl (C=O) groups is 2. The Hall–Kier alpha value is -2.96. The molecule has 0 radical (unpaired) electrons. The number of aromatic nitrogens is 3. The number of benzene rings is 1. The second-order valence-electron chi connectivity index (χ2n) is 5.70. The highest BCUT2D eigenvalue weighted by atomic mass is 16.2. The van der Waals surface area contributed by atoms with Gasteiger partial charge in [-0.2, -0.15) is 0 Å². The van der Waals surface area contributed by atoms with Crippen molar-refractivity contribution in [1.29, 1.82) is 0 Å². The van der Waals surface area contributed by atoms with Crippen LogP contribution in [-0.2, 0) is 17.8 Å². The zero-order chi connectivity index (χ0) is 17.1. The van der Waals surface area contributed by atoms with Crippen LogP contribution in [0, 0.1) is 0 Å². The molecule has 0 bridgehead atoms. The lowest BCUT2D eigenvalue weighted by atomic mass is 10.1. The van der Waals surface area contributed by atoms with Crippen molar-refractivity contribution >= 4 is 17.5 Å². The van der Waals surface area contributed by atoms with Gasteiger partial charge in [0.1, 0.15) is 5.82 Å². The Morgan fingerprint density at radius 3 is 3.00 bits per heavy atom. The third-order valence-corrected chi connectivity index (χ3v) is 3.95. The predicted octanol–water partition coefficient (Wildman–Crippen LogP) is 1.84. The molecule has 0 spiro atoms. The number of nitrogens with zero attached hydrogens (tertiary/aromatic N) is 3. The van der Waals surface area contributed by atoms with Crippen LogP contribution in [0.15, 0.2) is 36.9 Å². The molecule has 2 heterocycles. The molecule has 1 aromatic heterocycles. The van der Waals surface area contributed by atoms with Gasteiger partial charge in [-0.1, -0.05) is 12.6 Å². The summed E-state index contributed by atoms with van der Waals surface area (Å²) >= 11 is 0. The molecule has 1 unspecified atom stereocenters. The van der Waals surface area contributed by atoms with Gasteiger partial charge in [-0.15, -0.1) is 10.2 Å². The molecule has 24 heavy (non-hydrogen) atoms. The molecule has 0 fully saturated rings. The lowest BCUT2D eigenvalue weighted by molar-refractivity contribution is -0.111. The molecule has 0 saturated heterocycles.